The van der Waals surface area contributed by atoms with E-state index in [4.69, 9.17) is 0 Å². The fourth-order valence-electron chi connectivity index (χ4n) is 8.98. The van der Waals surface area contributed by atoms with E-state index in [1.165, 1.54) is 289 Å². The number of unbranched alkanes of at least 4 members (excludes halogenated alkanes) is 48. The maximum absolute atomic E-state index is 10.2. The first kappa shape index (κ1) is 72.5. The highest BCUT2D eigenvalue weighted by molar-refractivity contribution is 5.75. The van der Waals surface area contributed by atoms with Gasteiger partial charge in [-0.05, 0) is 38.5 Å². The van der Waals surface area contributed by atoms with E-state index in [2.05, 4.69) is 20.8 Å². The van der Waals surface area contributed by atoms with E-state index in [-0.39, 0.29) is 36.6 Å². The molecule has 0 N–H and O–H groups in total. The van der Waals surface area contributed by atoms with Crippen molar-refractivity contribution in [1.29, 1.82) is 0 Å². The molecule has 0 fully saturated rings. The van der Waals surface area contributed by atoms with Crippen LogP contribution in [0.15, 0.2) is 0 Å². The minimum absolute atomic E-state index is 0. The largest absolute Gasteiger partial charge is 0.550 e. The van der Waals surface area contributed by atoms with E-state index in [1.54, 1.807) is 0 Å². The van der Waals surface area contributed by atoms with Gasteiger partial charge in [0.2, 0.25) is 0 Å². The third-order valence-corrected chi connectivity index (χ3v) is 13.5. The lowest BCUT2D eigenvalue weighted by Gasteiger charge is -2.04. The van der Waals surface area contributed by atoms with Gasteiger partial charge < -0.3 is 29.7 Å². The molecule has 0 aliphatic carbocycles. The second-order valence-electron chi connectivity index (χ2n) is 20.3. The maximum Gasteiger partial charge on any atom is 0.0414 e. The van der Waals surface area contributed by atoms with E-state index >= 15 is 0 Å². The van der Waals surface area contributed by atoms with Gasteiger partial charge in [-0.2, -0.15) is 0 Å². The van der Waals surface area contributed by atoms with Gasteiger partial charge in [0.15, 0.2) is 0 Å². The van der Waals surface area contributed by atoms with Crippen LogP contribution in [0, 0.1) is 0 Å². The number of rotatable bonds is 54. The zero-order chi connectivity index (χ0) is 48.9. The highest BCUT2D eigenvalue weighted by Gasteiger charge is 1.98. The lowest BCUT2D eigenvalue weighted by Crippen LogP contribution is -2.21. The predicted molar refractivity (Wildman–Crippen MR) is 287 cm³/mol. The lowest BCUT2D eigenvalue weighted by molar-refractivity contribution is -0.307. The van der Waals surface area contributed by atoms with E-state index in [0.717, 1.165) is 38.5 Å². The van der Waals surface area contributed by atoms with Crippen LogP contribution >= 0.6 is 0 Å². The SMILES string of the molecule is CCCCCCCCCCCCCCCCCCCC(=O)[O-].CCCCCCCCCCCCCCCCCCCC(=O)[O-].CCCCCCCCCCCCCCCCCCCC(=O)[O-].[Al]. The molecule has 0 heterocycles. The molecule has 0 aromatic carbocycles. The van der Waals surface area contributed by atoms with Crippen LogP contribution in [0.3, 0.4) is 0 Å². The maximum atomic E-state index is 10.2. The van der Waals surface area contributed by atoms with Crippen LogP contribution in [-0.2, 0) is 14.4 Å². The molecule has 0 aliphatic rings. The topological polar surface area (TPSA) is 120 Å². The third-order valence-electron chi connectivity index (χ3n) is 13.5. The van der Waals surface area contributed by atoms with Crippen LogP contribution in [0.2, 0.25) is 0 Å². The highest BCUT2D eigenvalue weighted by atomic mass is 27.0. The molecular formula is C60H117AlO6-3. The summed E-state index contributed by atoms with van der Waals surface area (Å²) in [6.07, 6.45) is 68.4. The molecule has 0 rings (SSSR count). The molecule has 0 saturated carbocycles. The Bertz CT molecular complexity index is 799. The Labute approximate surface area is 430 Å². The highest BCUT2D eigenvalue weighted by Crippen LogP contribution is 2.17. The molecular weight excluding hydrogens is 844 g/mol. The van der Waals surface area contributed by atoms with E-state index in [1.807, 2.05) is 0 Å². The monoisotopic (exact) mass is 961 g/mol. The molecule has 7 heteroatoms. The number of aliphatic carboxylic acids is 3. The first-order valence-electron chi connectivity index (χ1n) is 29.9. The molecule has 0 aromatic rings. The minimum atomic E-state index is -0.902. The lowest BCUT2D eigenvalue weighted by atomic mass is 10.0. The second kappa shape index (κ2) is 69.2. The Hall–Kier alpha value is -1.06. The summed E-state index contributed by atoms with van der Waals surface area (Å²) in [5.74, 6) is -2.71. The van der Waals surface area contributed by atoms with Gasteiger partial charge in [-0.3, -0.25) is 0 Å². The van der Waals surface area contributed by atoms with Crippen molar-refractivity contribution in [3.8, 4) is 0 Å². The normalized spacial score (nSPS) is 10.8. The van der Waals surface area contributed by atoms with Gasteiger partial charge in [0.05, 0.1) is 0 Å². The zero-order valence-corrected chi connectivity index (χ0v) is 46.9. The molecule has 67 heavy (non-hydrogen) atoms. The van der Waals surface area contributed by atoms with Gasteiger partial charge in [-0.1, -0.05) is 329 Å². The number of hydrogen-bond acceptors (Lipinski definition) is 6. The summed E-state index contributed by atoms with van der Waals surface area (Å²) >= 11 is 0. The van der Waals surface area contributed by atoms with Gasteiger partial charge in [0, 0.05) is 35.3 Å². The number of carbonyl (C=O) groups excluding carboxylic acids is 3. The molecule has 0 unspecified atom stereocenters. The smallest absolute Gasteiger partial charge is 0.0414 e. The first-order valence-corrected chi connectivity index (χ1v) is 29.9. The molecule has 0 amide bonds. The molecule has 0 aliphatic heterocycles. The second-order valence-corrected chi connectivity index (χ2v) is 20.3. The molecule has 0 bridgehead atoms. The van der Waals surface area contributed by atoms with E-state index in [9.17, 15) is 29.7 Å². The zero-order valence-electron chi connectivity index (χ0n) is 45.7. The summed E-state index contributed by atoms with van der Waals surface area (Å²) < 4.78 is 0. The Morgan fingerprint density at radius 1 is 0.194 bits per heavy atom. The average Bonchev–Trinajstić information content (AvgIpc) is 3.29. The van der Waals surface area contributed by atoms with Gasteiger partial charge in [-0.25, -0.2) is 0 Å². The van der Waals surface area contributed by atoms with Gasteiger partial charge in [0.25, 0.3) is 0 Å². The molecule has 0 saturated heterocycles. The molecule has 399 valence electrons. The van der Waals surface area contributed by atoms with E-state index < -0.39 is 17.9 Å². The third kappa shape index (κ3) is 82.2. The van der Waals surface area contributed by atoms with Crippen molar-refractivity contribution in [2.24, 2.45) is 0 Å². The Morgan fingerprint density at radius 2 is 0.284 bits per heavy atom. The van der Waals surface area contributed by atoms with Crippen molar-refractivity contribution in [2.45, 2.75) is 367 Å². The first-order chi connectivity index (χ1) is 32.3. The fraction of sp³-hybridized carbons (Fsp3) is 0.950. The molecule has 3 radical (unpaired) electrons. The molecule has 0 atom stereocenters. The number of carboxylic acids is 3. The van der Waals surface area contributed by atoms with Crippen LogP contribution in [0.25, 0.3) is 0 Å². The molecule has 0 aromatic heterocycles. The fourth-order valence-corrected chi connectivity index (χ4v) is 8.98. The van der Waals surface area contributed by atoms with Crippen LogP contribution in [0.5, 0.6) is 0 Å². The Balaban J connectivity index is -0.000000441. The molecule has 0 spiro atoms. The van der Waals surface area contributed by atoms with Gasteiger partial charge in [0.1, 0.15) is 0 Å². The van der Waals surface area contributed by atoms with Crippen LogP contribution < -0.4 is 15.3 Å². The summed E-state index contributed by atoms with van der Waals surface area (Å²) in [5.41, 5.74) is 0. The van der Waals surface area contributed by atoms with Crippen molar-refractivity contribution in [3.05, 3.63) is 0 Å². The van der Waals surface area contributed by atoms with Crippen molar-refractivity contribution >= 4 is 35.3 Å². The average molecular weight is 962 g/mol. The predicted octanol–water partition coefficient (Wildman–Crippen LogP) is 17.0. The number of carboxylic acid groups (broad SMARTS) is 3. The Kier molecular flexibility index (Phi) is 74.9. The van der Waals surface area contributed by atoms with Crippen molar-refractivity contribution in [3.63, 3.8) is 0 Å². The summed E-state index contributed by atoms with van der Waals surface area (Å²) in [5, 5.41) is 30.7. The summed E-state index contributed by atoms with van der Waals surface area (Å²) in [4.78, 5) is 30.7. The standard InChI is InChI=1S/3C20H40O2.Al/c3*1-2-3-4-5-6-7-8-9-10-11-12-13-14-15-16-17-18-19-20(21)22;/h3*2-19H2,1H3,(H,21,22);/p-3. The van der Waals surface area contributed by atoms with Crippen LogP contribution in [-0.4, -0.2) is 35.3 Å². The summed E-state index contributed by atoms with van der Waals surface area (Å²) in [6.45, 7) is 6.82. The Morgan fingerprint density at radius 3 is 0.373 bits per heavy atom. The van der Waals surface area contributed by atoms with Crippen molar-refractivity contribution in [2.75, 3.05) is 0 Å². The number of hydrogen-bond donors (Lipinski definition) is 0. The van der Waals surface area contributed by atoms with E-state index in [0.29, 0.717) is 0 Å². The summed E-state index contributed by atoms with van der Waals surface area (Å²) in [6, 6.07) is 0. The van der Waals surface area contributed by atoms with Gasteiger partial charge in [-0.15, -0.1) is 0 Å². The van der Waals surface area contributed by atoms with Crippen molar-refractivity contribution in [1.82, 2.24) is 0 Å². The van der Waals surface area contributed by atoms with Crippen molar-refractivity contribution < 1.29 is 29.7 Å². The summed E-state index contributed by atoms with van der Waals surface area (Å²) in [7, 11) is 0. The minimum Gasteiger partial charge on any atom is -0.550 e. The van der Waals surface area contributed by atoms with Gasteiger partial charge >= 0.3 is 0 Å². The number of carbonyl (C=O) groups is 3. The quantitative estimate of drug-likeness (QED) is 0.0442. The van der Waals surface area contributed by atoms with Crippen LogP contribution in [0.4, 0.5) is 0 Å². The molecule has 6 nitrogen and oxygen atoms in total. The van der Waals surface area contributed by atoms with Crippen LogP contribution in [0.1, 0.15) is 367 Å².